The van der Waals surface area contributed by atoms with Gasteiger partial charge >= 0.3 is 0 Å². The molecular weight excluding hydrogens is 419 g/mol. The summed E-state index contributed by atoms with van der Waals surface area (Å²) in [6, 6.07) is 5.59. The number of carbonyl (C=O) groups excluding carboxylic acids is 2. The first kappa shape index (κ1) is 19.0. The van der Waals surface area contributed by atoms with Crippen molar-refractivity contribution in [3.05, 3.63) is 55.9 Å². The molecule has 0 saturated heterocycles. The summed E-state index contributed by atoms with van der Waals surface area (Å²) < 4.78 is 14.6. The summed E-state index contributed by atoms with van der Waals surface area (Å²) in [6.07, 6.45) is 2.11. The molecule has 2 heterocycles. The fourth-order valence-corrected chi connectivity index (χ4v) is 4.36. The molecule has 1 atom stereocenters. The minimum Gasteiger partial charge on any atom is -0.340 e. The third-order valence-electron chi connectivity index (χ3n) is 4.47. The van der Waals surface area contributed by atoms with Crippen LogP contribution in [0.3, 0.4) is 0 Å². The van der Waals surface area contributed by atoms with E-state index in [-0.39, 0.29) is 11.5 Å². The Labute approximate surface area is 164 Å². The number of halogens is 2. The van der Waals surface area contributed by atoms with Gasteiger partial charge < -0.3 is 10.2 Å². The van der Waals surface area contributed by atoms with Gasteiger partial charge in [0.05, 0.1) is 5.56 Å². The van der Waals surface area contributed by atoms with E-state index in [1.165, 1.54) is 28.6 Å². The van der Waals surface area contributed by atoms with Crippen molar-refractivity contribution in [2.24, 2.45) is 0 Å². The molecule has 0 fully saturated rings. The van der Waals surface area contributed by atoms with E-state index in [2.05, 4.69) is 21.2 Å². The molecular formula is C19H20BrFN2O2S. The zero-order valence-corrected chi connectivity index (χ0v) is 16.8. The van der Waals surface area contributed by atoms with E-state index in [1.54, 1.807) is 16.2 Å². The Bertz CT molecular complexity index is 824. The normalized spacial score (nSPS) is 14.7. The van der Waals surface area contributed by atoms with Crippen LogP contribution in [0.25, 0.3) is 0 Å². The Morgan fingerprint density at radius 3 is 2.96 bits per heavy atom. The summed E-state index contributed by atoms with van der Waals surface area (Å²) >= 11 is 4.96. The van der Waals surface area contributed by atoms with Gasteiger partial charge in [-0.3, -0.25) is 9.59 Å². The van der Waals surface area contributed by atoms with Crippen molar-refractivity contribution in [3.63, 3.8) is 0 Å². The second kappa shape index (κ2) is 8.31. The van der Waals surface area contributed by atoms with E-state index < -0.39 is 17.8 Å². The number of carbonyl (C=O) groups is 2. The monoisotopic (exact) mass is 438 g/mol. The standard InChI is InChI=1S/C19H20BrFN2O2S/c1-2-3-16(22-18(24)14-10-13(20)4-5-15(14)21)19(25)23-8-6-17-12(11-23)7-9-26-17/h4-5,7,9-10,16H,2-3,6,8,11H2,1H3,(H,22,24). The molecule has 0 spiro atoms. The molecule has 7 heteroatoms. The van der Waals surface area contributed by atoms with Gasteiger partial charge in [-0.2, -0.15) is 0 Å². The highest BCUT2D eigenvalue weighted by Crippen LogP contribution is 2.25. The van der Waals surface area contributed by atoms with Crippen LogP contribution in [0, 0.1) is 5.82 Å². The topological polar surface area (TPSA) is 49.4 Å². The van der Waals surface area contributed by atoms with Gasteiger partial charge in [0.2, 0.25) is 5.91 Å². The maximum atomic E-state index is 14.0. The van der Waals surface area contributed by atoms with E-state index in [0.717, 1.165) is 12.8 Å². The summed E-state index contributed by atoms with van der Waals surface area (Å²) in [5.41, 5.74) is 1.11. The highest BCUT2D eigenvalue weighted by molar-refractivity contribution is 9.10. The molecule has 1 aliphatic heterocycles. The largest absolute Gasteiger partial charge is 0.340 e. The number of amides is 2. The van der Waals surface area contributed by atoms with Crippen LogP contribution in [0.5, 0.6) is 0 Å². The van der Waals surface area contributed by atoms with Crippen LogP contribution in [-0.4, -0.2) is 29.3 Å². The van der Waals surface area contributed by atoms with E-state index in [9.17, 15) is 14.0 Å². The lowest BCUT2D eigenvalue weighted by Gasteiger charge is -2.31. The molecule has 0 aliphatic carbocycles. The van der Waals surface area contributed by atoms with Crippen LogP contribution in [0.2, 0.25) is 0 Å². The fraction of sp³-hybridized carbons (Fsp3) is 0.368. The van der Waals surface area contributed by atoms with Gasteiger partial charge in [-0.05, 0) is 48.1 Å². The van der Waals surface area contributed by atoms with Crippen LogP contribution in [0.1, 0.15) is 40.6 Å². The molecule has 1 N–H and O–H groups in total. The maximum absolute atomic E-state index is 14.0. The number of thiophene rings is 1. The van der Waals surface area contributed by atoms with Crippen molar-refractivity contribution in [1.82, 2.24) is 10.2 Å². The number of rotatable bonds is 5. The van der Waals surface area contributed by atoms with E-state index >= 15 is 0 Å². The number of nitrogens with zero attached hydrogens (tertiary/aromatic N) is 1. The van der Waals surface area contributed by atoms with Gasteiger partial charge in [-0.25, -0.2) is 4.39 Å². The third-order valence-corrected chi connectivity index (χ3v) is 5.99. The SMILES string of the molecule is CCCC(NC(=O)c1cc(Br)ccc1F)C(=O)N1CCc2sccc2C1. The number of fused-ring (bicyclic) bond motifs is 1. The molecule has 4 nitrogen and oxygen atoms in total. The number of hydrogen-bond acceptors (Lipinski definition) is 3. The Morgan fingerprint density at radius 1 is 1.38 bits per heavy atom. The number of benzene rings is 1. The van der Waals surface area contributed by atoms with Crippen LogP contribution in [0.15, 0.2) is 34.1 Å². The molecule has 1 aromatic heterocycles. The van der Waals surface area contributed by atoms with Crippen molar-refractivity contribution in [2.75, 3.05) is 6.54 Å². The van der Waals surface area contributed by atoms with E-state index in [1.807, 2.05) is 18.4 Å². The molecule has 1 aliphatic rings. The summed E-state index contributed by atoms with van der Waals surface area (Å²) in [7, 11) is 0. The van der Waals surface area contributed by atoms with Gasteiger partial charge in [0.25, 0.3) is 5.91 Å². The van der Waals surface area contributed by atoms with Gasteiger partial charge in [0, 0.05) is 22.4 Å². The highest BCUT2D eigenvalue weighted by atomic mass is 79.9. The Hall–Kier alpha value is -1.73. The lowest BCUT2D eigenvalue weighted by Crippen LogP contribution is -2.49. The highest BCUT2D eigenvalue weighted by Gasteiger charge is 2.29. The van der Waals surface area contributed by atoms with Gasteiger partial charge in [-0.15, -0.1) is 11.3 Å². The molecule has 1 aromatic carbocycles. The Kier molecular flexibility index (Phi) is 6.09. The molecule has 3 rings (SSSR count). The van der Waals surface area contributed by atoms with Crippen molar-refractivity contribution >= 4 is 39.1 Å². The second-order valence-electron chi connectivity index (χ2n) is 6.32. The molecule has 138 valence electrons. The zero-order chi connectivity index (χ0) is 18.7. The minimum atomic E-state index is -0.647. The van der Waals surface area contributed by atoms with Crippen LogP contribution < -0.4 is 5.32 Å². The summed E-state index contributed by atoms with van der Waals surface area (Å²) in [4.78, 5) is 28.6. The predicted octanol–water partition coefficient (Wildman–Crippen LogP) is 4.13. The van der Waals surface area contributed by atoms with Crippen LogP contribution >= 0.6 is 27.3 Å². The van der Waals surface area contributed by atoms with Crippen molar-refractivity contribution in [1.29, 1.82) is 0 Å². The molecule has 2 aromatic rings. The quantitative estimate of drug-likeness (QED) is 0.762. The number of hydrogen-bond donors (Lipinski definition) is 1. The summed E-state index contributed by atoms with van der Waals surface area (Å²) in [5.74, 6) is -1.27. The van der Waals surface area contributed by atoms with Gasteiger partial charge in [0.1, 0.15) is 11.9 Å². The first-order valence-electron chi connectivity index (χ1n) is 8.59. The smallest absolute Gasteiger partial charge is 0.254 e. The second-order valence-corrected chi connectivity index (χ2v) is 8.23. The maximum Gasteiger partial charge on any atom is 0.254 e. The average Bonchev–Trinajstić information content (AvgIpc) is 3.10. The minimum absolute atomic E-state index is 0.0629. The molecule has 0 bridgehead atoms. The van der Waals surface area contributed by atoms with Crippen molar-refractivity contribution in [3.8, 4) is 0 Å². The van der Waals surface area contributed by atoms with Crippen LogP contribution in [-0.2, 0) is 17.8 Å². The lowest BCUT2D eigenvalue weighted by molar-refractivity contribution is -0.134. The third kappa shape index (κ3) is 4.15. The van der Waals surface area contributed by atoms with E-state index in [0.29, 0.717) is 24.0 Å². The molecule has 2 amide bonds. The Balaban J connectivity index is 1.73. The Morgan fingerprint density at radius 2 is 2.19 bits per heavy atom. The summed E-state index contributed by atoms with van der Waals surface area (Å²) in [6.45, 7) is 3.17. The fourth-order valence-electron chi connectivity index (χ4n) is 3.11. The van der Waals surface area contributed by atoms with Crippen molar-refractivity contribution < 1.29 is 14.0 Å². The van der Waals surface area contributed by atoms with Gasteiger partial charge in [0.15, 0.2) is 0 Å². The number of nitrogens with one attached hydrogen (secondary N) is 1. The first-order valence-corrected chi connectivity index (χ1v) is 10.3. The molecule has 26 heavy (non-hydrogen) atoms. The molecule has 0 radical (unpaired) electrons. The molecule has 1 unspecified atom stereocenters. The predicted molar refractivity (Wildman–Crippen MR) is 104 cm³/mol. The average molecular weight is 439 g/mol. The lowest BCUT2D eigenvalue weighted by atomic mass is 10.1. The zero-order valence-electron chi connectivity index (χ0n) is 14.4. The summed E-state index contributed by atoms with van der Waals surface area (Å²) in [5, 5.41) is 4.77. The van der Waals surface area contributed by atoms with Gasteiger partial charge in [-0.1, -0.05) is 29.3 Å². The first-order chi connectivity index (χ1) is 12.5. The van der Waals surface area contributed by atoms with Crippen molar-refractivity contribution in [2.45, 2.75) is 38.8 Å². The molecule has 0 saturated carbocycles. The van der Waals surface area contributed by atoms with E-state index in [4.69, 9.17) is 0 Å². The van der Waals surface area contributed by atoms with Crippen LogP contribution in [0.4, 0.5) is 4.39 Å².